The molecule has 0 unspecified atom stereocenters. The van der Waals surface area contributed by atoms with Crippen molar-refractivity contribution in [2.45, 2.75) is 0 Å². The van der Waals surface area contributed by atoms with E-state index in [1.54, 1.807) is 25.3 Å². The number of hydrogen-bond donors (Lipinski definition) is 2. The third-order valence-electron chi connectivity index (χ3n) is 1.51. The molecule has 0 aromatic heterocycles. The van der Waals surface area contributed by atoms with Gasteiger partial charge in [0.1, 0.15) is 11.5 Å². The molecular weight excluding hydrogens is 184 g/mol. The van der Waals surface area contributed by atoms with Gasteiger partial charge in [-0.2, -0.15) is 12.6 Å². The zero-order valence-corrected chi connectivity index (χ0v) is 8.14. The molecule has 0 atom stereocenters. The van der Waals surface area contributed by atoms with E-state index >= 15 is 0 Å². The molecule has 1 rings (SSSR count). The fourth-order valence-corrected chi connectivity index (χ4v) is 0.956. The lowest BCUT2D eigenvalue weighted by molar-refractivity contribution is 0.412. The second-order valence-electron chi connectivity index (χ2n) is 2.34. The lowest BCUT2D eigenvalue weighted by Gasteiger charge is -2.01. The Morgan fingerprint density at radius 3 is 2.92 bits per heavy atom. The third kappa shape index (κ3) is 2.60. The van der Waals surface area contributed by atoms with E-state index in [0.29, 0.717) is 17.1 Å². The minimum absolute atomic E-state index is 0.162. The number of ether oxygens (including phenoxy) is 1. The first kappa shape index (κ1) is 9.82. The van der Waals surface area contributed by atoms with Gasteiger partial charge in [-0.05, 0) is 18.2 Å². The first-order chi connectivity index (χ1) is 6.27. The Kier molecular flexibility index (Phi) is 3.53. The van der Waals surface area contributed by atoms with Crippen LogP contribution in [0, 0.1) is 11.8 Å². The lowest BCUT2D eigenvalue weighted by Crippen LogP contribution is -1.84. The van der Waals surface area contributed by atoms with E-state index in [1.165, 1.54) is 0 Å². The topological polar surface area (TPSA) is 29.5 Å². The van der Waals surface area contributed by atoms with Gasteiger partial charge < -0.3 is 9.84 Å². The number of rotatable bonds is 1. The molecule has 0 aliphatic heterocycles. The van der Waals surface area contributed by atoms with Crippen LogP contribution >= 0.6 is 12.6 Å². The molecule has 13 heavy (non-hydrogen) atoms. The Hall–Kier alpha value is -1.27. The summed E-state index contributed by atoms with van der Waals surface area (Å²) < 4.78 is 4.99. The SMILES string of the molecule is COc1ccc(O)c(C#CCS)c1. The van der Waals surface area contributed by atoms with Crippen LogP contribution in [-0.4, -0.2) is 18.0 Å². The van der Waals surface area contributed by atoms with E-state index in [2.05, 4.69) is 24.5 Å². The predicted molar refractivity (Wildman–Crippen MR) is 55.4 cm³/mol. The largest absolute Gasteiger partial charge is 0.507 e. The van der Waals surface area contributed by atoms with Crippen molar-refractivity contribution in [3.05, 3.63) is 23.8 Å². The Morgan fingerprint density at radius 1 is 1.54 bits per heavy atom. The standard InChI is InChI=1S/C10H10O2S/c1-12-9-4-5-10(11)8(7-9)3-2-6-13/h4-5,7,11,13H,6H2,1H3. The van der Waals surface area contributed by atoms with Gasteiger partial charge in [0.2, 0.25) is 0 Å². The minimum atomic E-state index is 0.162. The molecule has 1 aromatic carbocycles. The van der Waals surface area contributed by atoms with Crippen molar-refractivity contribution in [1.29, 1.82) is 0 Å². The number of thiol groups is 1. The highest BCUT2D eigenvalue weighted by Gasteiger charge is 1.98. The quantitative estimate of drug-likeness (QED) is 0.526. The molecule has 0 aliphatic carbocycles. The number of benzene rings is 1. The summed E-state index contributed by atoms with van der Waals surface area (Å²) in [4.78, 5) is 0. The van der Waals surface area contributed by atoms with Gasteiger partial charge in [-0.1, -0.05) is 11.8 Å². The van der Waals surface area contributed by atoms with E-state index in [4.69, 9.17) is 4.74 Å². The van der Waals surface area contributed by atoms with Crippen molar-refractivity contribution in [3.8, 4) is 23.3 Å². The van der Waals surface area contributed by atoms with Crippen LogP contribution in [0.2, 0.25) is 0 Å². The monoisotopic (exact) mass is 194 g/mol. The Balaban J connectivity index is 3.04. The maximum atomic E-state index is 9.37. The van der Waals surface area contributed by atoms with Gasteiger partial charge in [0.15, 0.2) is 0 Å². The van der Waals surface area contributed by atoms with Gasteiger partial charge in [-0.15, -0.1) is 0 Å². The van der Waals surface area contributed by atoms with Gasteiger partial charge in [-0.25, -0.2) is 0 Å². The fourth-order valence-electron chi connectivity index (χ4n) is 0.877. The van der Waals surface area contributed by atoms with E-state index in [0.717, 1.165) is 0 Å². The van der Waals surface area contributed by atoms with Crippen LogP contribution in [0.15, 0.2) is 18.2 Å². The molecule has 0 aliphatic rings. The van der Waals surface area contributed by atoms with E-state index in [9.17, 15) is 5.11 Å². The van der Waals surface area contributed by atoms with Crippen molar-refractivity contribution < 1.29 is 9.84 Å². The molecule has 3 heteroatoms. The molecule has 0 saturated heterocycles. The molecule has 0 fully saturated rings. The van der Waals surface area contributed by atoms with Gasteiger partial charge in [-0.3, -0.25) is 0 Å². The van der Waals surface area contributed by atoms with Crippen molar-refractivity contribution >= 4 is 12.6 Å². The maximum Gasteiger partial charge on any atom is 0.131 e. The van der Waals surface area contributed by atoms with Crippen LogP contribution in [-0.2, 0) is 0 Å². The zero-order valence-electron chi connectivity index (χ0n) is 7.24. The second kappa shape index (κ2) is 4.68. The van der Waals surface area contributed by atoms with Crippen molar-refractivity contribution in [2.24, 2.45) is 0 Å². The summed E-state index contributed by atoms with van der Waals surface area (Å²) in [7, 11) is 1.57. The minimum Gasteiger partial charge on any atom is -0.507 e. The summed E-state index contributed by atoms with van der Waals surface area (Å²) in [6.07, 6.45) is 0. The number of phenolic OH excluding ortho intramolecular Hbond substituents is 1. The summed E-state index contributed by atoms with van der Waals surface area (Å²) in [5, 5.41) is 9.37. The first-order valence-electron chi connectivity index (χ1n) is 3.74. The molecular formula is C10H10O2S. The van der Waals surface area contributed by atoms with Crippen LogP contribution in [0.25, 0.3) is 0 Å². The van der Waals surface area contributed by atoms with Crippen molar-refractivity contribution in [3.63, 3.8) is 0 Å². The van der Waals surface area contributed by atoms with Gasteiger partial charge in [0.05, 0.1) is 18.4 Å². The molecule has 2 nitrogen and oxygen atoms in total. The number of aromatic hydroxyl groups is 1. The average molecular weight is 194 g/mol. The molecule has 0 saturated carbocycles. The highest BCUT2D eigenvalue weighted by molar-refractivity contribution is 7.80. The number of phenols is 1. The van der Waals surface area contributed by atoms with Gasteiger partial charge in [0, 0.05) is 0 Å². The lowest BCUT2D eigenvalue weighted by atomic mass is 10.2. The Labute approximate surface area is 83.0 Å². The normalized spacial score (nSPS) is 8.77. The molecule has 1 N–H and O–H groups in total. The Bertz CT molecular complexity index is 350. The summed E-state index contributed by atoms with van der Waals surface area (Å²) in [6, 6.07) is 4.92. The molecule has 68 valence electrons. The third-order valence-corrected chi connectivity index (χ3v) is 1.66. The highest BCUT2D eigenvalue weighted by atomic mass is 32.1. The number of methoxy groups -OCH3 is 1. The van der Waals surface area contributed by atoms with Crippen LogP contribution in [0.5, 0.6) is 11.5 Å². The second-order valence-corrected chi connectivity index (χ2v) is 2.66. The molecule has 0 radical (unpaired) electrons. The van der Waals surface area contributed by atoms with Crippen LogP contribution in [0.1, 0.15) is 5.56 Å². The van der Waals surface area contributed by atoms with E-state index < -0.39 is 0 Å². The fraction of sp³-hybridized carbons (Fsp3) is 0.200. The van der Waals surface area contributed by atoms with Crippen LogP contribution in [0.3, 0.4) is 0 Å². The van der Waals surface area contributed by atoms with E-state index in [1.807, 2.05) is 0 Å². The maximum absolute atomic E-state index is 9.37. The van der Waals surface area contributed by atoms with Crippen LogP contribution in [0.4, 0.5) is 0 Å². The van der Waals surface area contributed by atoms with Gasteiger partial charge >= 0.3 is 0 Å². The summed E-state index contributed by atoms with van der Waals surface area (Å²) >= 11 is 3.95. The molecule has 0 amide bonds. The predicted octanol–water partition coefficient (Wildman–Crippen LogP) is 1.68. The average Bonchev–Trinajstić information content (AvgIpc) is 2.17. The van der Waals surface area contributed by atoms with Crippen LogP contribution < -0.4 is 4.74 Å². The van der Waals surface area contributed by atoms with Gasteiger partial charge in [0.25, 0.3) is 0 Å². The summed E-state index contributed by atoms with van der Waals surface area (Å²) in [6.45, 7) is 0. The van der Waals surface area contributed by atoms with Crippen molar-refractivity contribution in [2.75, 3.05) is 12.9 Å². The summed E-state index contributed by atoms with van der Waals surface area (Å²) in [5.41, 5.74) is 0.563. The number of hydrogen-bond acceptors (Lipinski definition) is 3. The van der Waals surface area contributed by atoms with Crippen molar-refractivity contribution in [1.82, 2.24) is 0 Å². The zero-order chi connectivity index (χ0) is 9.68. The molecule has 0 heterocycles. The Morgan fingerprint density at radius 2 is 2.31 bits per heavy atom. The molecule has 0 spiro atoms. The highest BCUT2D eigenvalue weighted by Crippen LogP contribution is 2.21. The molecule has 0 bridgehead atoms. The van der Waals surface area contributed by atoms with E-state index in [-0.39, 0.29) is 5.75 Å². The summed E-state index contributed by atoms with van der Waals surface area (Å²) in [5.74, 6) is 6.85. The smallest absolute Gasteiger partial charge is 0.131 e. The first-order valence-corrected chi connectivity index (χ1v) is 4.38. The molecule has 1 aromatic rings.